The Labute approximate surface area is 102 Å². The molecule has 2 aromatic heterocycles. The highest BCUT2D eigenvalue weighted by Crippen LogP contribution is 2.23. The van der Waals surface area contributed by atoms with Crippen LogP contribution in [0.4, 0.5) is 0 Å². The van der Waals surface area contributed by atoms with Gasteiger partial charge in [-0.3, -0.25) is 4.79 Å². The Balaban J connectivity index is 2.50. The molecule has 84 valence electrons. The van der Waals surface area contributed by atoms with E-state index >= 15 is 0 Å². The van der Waals surface area contributed by atoms with Gasteiger partial charge in [-0.15, -0.1) is 11.3 Å². The van der Waals surface area contributed by atoms with E-state index in [4.69, 9.17) is 11.6 Å². The lowest BCUT2D eigenvalue weighted by molar-refractivity contribution is 0.101. The Kier molecular flexibility index (Phi) is 2.82. The van der Waals surface area contributed by atoms with Crippen molar-refractivity contribution in [3.05, 3.63) is 26.8 Å². The van der Waals surface area contributed by atoms with Crippen LogP contribution in [0.5, 0.6) is 0 Å². The van der Waals surface area contributed by atoms with Gasteiger partial charge in [0.05, 0.1) is 16.4 Å². The van der Waals surface area contributed by atoms with Crippen LogP contribution in [0.15, 0.2) is 5.38 Å². The monoisotopic (exact) mass is 255 g/mol. The fraction of sp³-hybridized carbons (Fsp3) is 0.300. The predicted octanol–water partition coefficient (Wildman–Crippen LogP) is 2.80. The van der Waals surface area contributed by atoms with E-state index in [0.29, 0.717) is 15.8 Å². The standard InChI is InChI=1S/C10H10ClN3OS/c1-5-9(11)6(2)14(13-5)8-4-16-10(12-8)7(3)15/h4H,1-3H3. The highest BCUT2D eigenvalue weighted by atomic mass is 35.5. The van der Waals surface area contributed by atoms with Crippen LogP contribution < -0.4 is 0 Å². The molecule has 0 saturated heterocycles. The lowest BCUT2D eigenvalue weighted by atomic mass is 10.4. The van der Waals surface area contributed by atoms with Crippen molar-refractivity contribution in [2.45, 2.75) is 20.8 Å². The van der Waals surface area contributed by atoms with Gasteiger partial charge in [0, 0.05) is 12.3 Å². The quantitative estimate of drug-likeness (QED) is 0.776. The van der Waals surface area contributed by atoms with Gasteiger partial charge >= 0.3 is 0 Å². The van der Waals surface area contributed by atoms with Crippen molar-refractivity contribution in [1.29, 1.82) is 0 Å². The smallest absolute Gasteiger partial charge is 0.188 e. The largest absolute Gasteiger partial charge is 0.292 e. The summed E-state index contributed by atoms with van der Waals surface area (Å²) in [5.74, 6) is 0.603. The molecule has 0 aliphatic rings. The number of thiazole rings is 1. The minimum atomic E-state index is -0.0381. The first kappa shape index (κ1) is 11.3. The molecule has 6 heteroatoms. The molecule has 0 aliphatic heterocycles. The lowest BCUT2D eigenvalue weighted by Gasteiger charge is -1.97. The molecular weight excluding hydrogens is 246 g/mol. The molecule has 0 fully saturated rings. The van der Waals surface area contributed by atoms with Gasteiger partial charge in [0.1, 0.15) is 0 Å². The molecule has 0 amide bonds. The minimum Gasteiger partial charge on any atom is -0.292 e. The Morgan fingerprint density at radius 1 is 1.50 bits per heavy atom. The number of halogens is 1. The number of hydrogen-bond donors (Lipinski definition) is 0. The molecule has 0 aromatic carbocycles. The van der Waals surface area contributed by atoms with E-state index < -0.39 is 0 Å². The normalized spacial score (nSPS) is 10.8. The number of aromatic nitrogens is 3. The maximum Gasteiger partial charge on any atom is 0.188 e. The number of aryl methyl sites for hydroxylation is 1. The Hall–Kier alpha value is -1.20. The number of Topliss-reactive ketones (excluding diaryl/α,β-unsaturated/α-hetero) is 1. The van der Waals surface area contributed by atoms with Crippen LogP contribution >= 0.6 is 22.9 Å². The van der Waals surface area contributed by atoms with Gasteiger partial charge in [-0.05, 0) is 13.8 Å². The van der Waals surface area contributed by atoms with E-state index in [1.165, 1.54) is 18.3 Å². The van der Waals surface area contributed by atoms with Crippen molar-refractivity contribution in [2.24, 2.45) is 0 Å². The Morgan fingerprint density at radius 3 is 2.62 bits per heavy atom. The number of rotatable bonds is 2. The molecule has 0 N–H and O–H groups in total. The summed E-state index contributed by atoms with van der Waals surface area (Å²) in [6, 6.07) is 0. The molecule has 0 unspecified atom stereocenters. The average molecular weight is 256 g/mol. The first-order chi connectivity index (χ1) is 7.50. The molecule has 0 saturated carbocycles. The van der Waals surface area contributed by atoms with Gasteiger partial charge in [0.2, 0.25) is 0 Å². The number of nitrogens with zero attached hydrogens (tertiary/aromatic N) is 3. The summed E-state index contributed by atoms with van der Waals surface area (Å²) in [5, 5.41) is 7.19. The molecule has 16 heavy (non-hydrogen) atoms. The van der Waals surface area contributed by atoms with E-state index in [9.17, 15) is 4.79 Å². The van der Waals surface area contributed by atoms with Gasteiger partial charge in [-0.2, -0.15) is 5.10 Å². The highest BCUT2D eigenvalue weighted by molar-refractivity contribution is 7.11. The summed E-state index contributed by atoms with van der Waals surface area (Å²) >= 11 is 7.35. The van der Waals surface area contributed by atoms with E-state index in [0.717, 1.165) is 11.4 Å². The molecule has 0 atom stereocenters. The van der Waals surface area contributed by atoms with E-state index in [1.807, 2.05) is 13.8 Å². The fourth-order valence-electron chi connectivity index (χ4n) is 1.37. The number of carbonyl (C=O) groups is 1. The zero-order valence-corrected chi connectivity index (χ0v) is 10.7. The summed E-state index contributed by atoms with van der Waals surface area (Å²) in [6.07, 6.45) is 0. The van der Waals surface area contributed by atoms with Crippen molar-refractivity contribution in [2.75, 3.05) is 0 Å². The summed E-state index contributed by atoms with van der Waals surface area (Å²) in [6.45, 7) is 5.20. The molecule has 2 aromatic rings. The van der Waals surface area contributed by atoms with Gasteiger partial charge in [0.15, 0.2) is 16.6 Å². The third kappa shape index (κ3) is 1.76. The third-order valence-corrected chi connectivity index (χ3v) is 3.69. The van der Waals surface area contributed by atoms with E-state index in [-0.39, 0.29) is 5.78 Å². The van der Waals surface area contributed by atoms with Crippen molar-refractivity contribution < 1.29 is 4.79 Å². The fourth-order valence-corrected chi connectivity index (χ4v) is 2.17. The molecule has 0 bridgehead atoms. The third-order valence-electron chi connectivity index (χ3n) is 2.21. The zero-order valence-electron chi connectivity index (χ0n) is 9.11. The van der Waals surface area contributed by atoms with E-state index in [1.54, 1.807) is 10.1 Å². The van der Waals surface area contributed by atoms with Crippen LogP contribution in [0.1, 0.15) is 28.1 Å². The summed E-state index contributed by atoms with van der Waals surface area (Å²) < 4.78 is 1.65. The van der Waals surface area contributed by atoms with Crippen molar-refractivity contribution in [3.8, 4) is 5.82 Å². The first-order valence-electron chi connectivity index (χ1n) is 4.69. The maximum atomic E-state index is 11.1. The molecule has 0 radical (unpaired) electrons. The molecule has 2 heterocycles. The summed E-state index contributed by atoms with van der Waals surface area (Å²) in [5.41, 5.74) is 1.59. The van der Waals surface area contributed by atoms with Crippen LogP contribution in [0.3, 0.4) is 0 Å². The van der Waals surface area contributed by atoms with Gasteiger partial charge in [0.25, 0.3) is 0 Å². The van der Waals surface area contributed by atoms with Crippen LogP contribution in [-0.4, -0.2) is 20.5 Å². The average Bonchev–Trinajstić information content (AvgIpc) is 2.79. The number of carbonyl (C=O) groups excluding carboxylic acids is 1. The van der Waals surface area contributed by atoms with Gasteiger partial charge in [-0.1, -0.05) is 11.6 Å². The first-order valence-corrected chi connectivity index (χ1v) is 5.95. The SMILES string of the molecule is CC(=O)c1nc(-n2nc(C)c(Cl)c2C)cs1. The van der Waals surface area contributed by atoms with E-state index in [2.05, 4.69) is 10.1 Å². The molecule has 4 nitrogen and oxygen atoms in total. The van der Waals surface area contributed by atoms with Gasteiger partial charge < -0.3 is 0 Å². The maximum absolute atomic E-state index is 11.1. The molecule has 0 spiro atoms. The highest BCUT2D eigenvalue weighted by Gasteiger charge is 2.14. The van der Waals surface area contributed by atoms with Crippen molar-refractivity contribution in [1.82, 2.24) is 14.8 Å². The molecule has 2 rings (SSSR count). The molecule has 0 aliphatic carbocycles. The second kappa shape index (κ2) is 3.99. The van der Waals surface area contributed by atoms with Crippen LogP contribution in [0.2, 0.25) is 5.02 Å². The number of hydrogen-bond acceptors (Lipinski definition) is 4. The van der Waals surface area contributed by atoms with Crippen LogP contribution in [0.25, 0.3) is 5.82 Å². The Bertz CT molecular complexity index is 558. The van der Waals surface area contributed by atoms with Crippen LogP contribution in [0, 0.1) is 13.8 Å². The second-order valence-corrected chi connectivity index (χ2v) is 4.70. The predicted molar refractivity (Wildman–Crippen MR) is 63.7 cm³/mol. The van der Waals surface area contributed by atoms with Crippen molar-refractivity contribution in [3.63, 3.8) is 0 Å². The minimum absolute atomic E-state index is 0.0381. The number of ketones is 1. The zero-order chi connectivity index (χ0) is 11.9. The second-order valence-electron chi connectivity index (χ2n) is 3.46. The Morgan fingerprint density at radius 2 is 2.19 bits per heavy atom. The lowest BCUT2D eigenvalue weighted by Crippen LogP contribution is -2.00. The summed E-state index contributed by atoms with van der Waals surface area (Å²) in [7, 11) is 0. The van der Waals surface area contributed by atoms with Crippen LogP contribution in [-0.2, 0) is 0 Å². The summed E-state index contributed by atoms with van der Waals surface area (Å²) in [4.78, 5) is 15.3. The topological polar surface area (TPSA) is 47.8 Å². The van der Waals surface area contributed by atoms with Crippen molar-refractivity contribution >= 4 is 28.7 Å². The van der Waals surface area contributed by atoms with Gasteiger partial charge in [-0.25, -0.2) is 9.67 Å². The molecular formula is C10H10ClN3OS.